The van der Waals surface area contributed by atoms with Crippen LogP contribution in [0.4, 0.5) is 8.78 Å². The molecule has 0 unspecified atom stereocenters. The SMILES string of the molecule is OCc1cc(Cl)cc(SCC(F)F)c1. The van der Waals surface area contributed by atoms with Crippen LogP contribution in [0.2, 0.25) is 5.02 Å². The van der Waals surface area contributed by atoms with Gasteiger partial charge in [0.05, 0.1) is 12.4 Å². The Bertz CT molecular complexity index is 307. The van der Waals surface area contributed by atoms with Crippen LogP contribution in [0, 0.1) is 0 Å². The molecule has 0 amide bonds. The van der Waals surface area contributed by atoms with E-state index in [0.717, 1.165) is 11.8 Å². The number of rotatable bonds is 4. The maximum absolute atomic E-state index is 11.9. The van der Waals surface area contributed by atoms with E-state index in [-0.39, 0.29) is 12.4 Å². The van der Waals surface area contributed by atoms with E-state index < -0.39 is 6.43 Å². The van der Waals surface area contributed by atoms with Crippen molar-refractivity contribution >= 4 is 23.4 Å². The second kappa shape index (κ2) is 5.53. The van der Waals surface area contributed by atoms with E-state index >= 15 is 0 Å². The zero-order valence-corrected chi connectivity index (χ0v) is 8.79. The Balaban J connectivity index is 2.71. The Hall–Kier alpha value is -0.320. The predicted octanol–water partition coefficient (Wildman–Crippen LogP) is 3.19. The molecule has 1 aromatic rings. The van der Waals surface area contributed by atoms with Gasteiger partial charge in [0.25, 0.3) is 0 Å². The maximum Gasteiger partial charge on any atom is 0.247 e. The van der Waals surface area contributed by atoms with Crippen molar-refractivity contribution in [1.29, 1.82) is 0 Å². The van der Waals surface area contributed by atoms with Crippen molar-refractivity contribution < 1.29 is 13.9 Å². The molecule has 0 aliphatic rings. The zero-order valence-electron chi connectivity index (χ0n) is 7.21. The lowest BCUT2D eigenvalue weighted by Crippen LogP contribution is -1.93. The fourth-order valence-electron chi connectivity index (χ4n) is 0.955. The molecule has 14 heavy (non-hydrogen) atoms. The van der Waals surface area contributed by atoms with Crippen LogP contribution < -0.4 is 0 Å². The number of alkyl halides is 2. The Morgan fingerprint density at radius 3 is 2.64 bits per heavy atom. The number of halogens is 3. The summed E-state index contributed by atoms with van der Waals surface area (Å²) < 4.78 is 23.8. The van der Waals surface area contributed by atoms with Gasteiger partial charge in [0.1, 0.15) is 0 Å². The molecule has 0 fully saturated rings. The van der Waals surface area contributed by atoms with Crippen LogP contribution in [0.3, 0.4) is 0 Å². The van der Waals surface area contributed by atoms with E-state index in [4.69, 9.17) is 16.7 Å². The van der Waals surface area contributed by atoms with Gasteiger partial charge in [0, 0.05) is 9.92 Å². The van der Waals surface area contributed by atoms with Crippen molar-refractivity contribution in [3.63, 3.8) is 0 Å². The molecule has 0 atom stereocenters. The Kier molecular flexibility index (Phi) is 4.65. The smallest absolute Gasteiger partial charge is 0.247 e. The highest BCUT2D eigenvalue weighted by Crippen LogP contribution is 2.25. The third-order valence-electron chi connectivity index (χ3n) is 1.49. The first-order valence-corrected chi connectivity index (χ1v) is 5.29. The molecule has 0 aromatic heterocycles. The van der Waals surface area contributed by atoms with Crippen molar-refractivity contribution in [3.8, 4) is 0 Å². The molecule has 0 radical (unpaired) electrons. The van der Waals surface area contributed by atoms with Crippen LogP contribution >= 0.6 is 23.4 Å². The van der Waals surface area contributed by atoms with Crippen molar-refractivity contribution in [3.05, 3.63) is 28.8 Å². The molecular weight excluding hydrogens is 230 g/mol. The molecule has 0 spiro atoms. The predicted molar refractivity (Wildman–Crippen MR) is 54.1 cm³/mol. The largest absolute Gasteiger partial charge is 0.392 e. The molecule has 0 heterocycles. The summed E-state index contributed by atoms with van der Waals surface area (Å²) in [4.78, 5) is 0.654. The summed E-state index contributed by atoms with van der Waals surface area (Å²) in [5.41, 5.74) is 0.634. The van der Waals surface area contributed by atoms with E-state index in [1.807, 2.05) is 0 Å². The zero-order chi connectivity index (χ0) is 10.6. The van der Waals surface area contributed by atoms with Gasteiger partial charge in [-0.05, 0) is 23.8 Å². The third-order valence-corrected chi connectivity index (χ3v) is 2.70. The lowest BCUT2D eigenvalue weighted by molar-refractivity contribution is 0.177. The molecule has 0 bridgehead atoms. The quantitative estimate of drug-likeness (QED) is 0.813. The topological polar surface area (TPSA) is 20.2 Å². The summed E-state index contributed by atoms with van der Waals surface area (Å²) in [6, 6.07) is 4.86. The van der Waals surface area contributed by atoms with Gasteiger partial charge in [-0.1, -0.05) is 11.6 Å². The molecule has 1 N–H and O–H groups in total. The van der Waals surface area contributed by atoms with Gasteiger partial charge in [0.2, 0.25) is 6.43 Å². The third kappa shape index (κ3) is 3.82. The molecule has 1 nitrogen and oxygen atoms in total. The summed E-state index contributed by atoms with van der Waals surface area (Å²) >= 11 is 6.76. The van der Waals surface area contributed by atoms with Gasteiger partial charge in [0.15, 0.2) is 0 Å². The Labute approximate surface area is 90.1 Å². The van der Waals surface area contributed by atoms with Gasteiger partial charge in [-0.3, -0.25) is 0 Å². The number of thioether (sulfide) groups is 1. The summed E-state index contributed by atoms with van der Waals surface area (Å²) in [5.74, 6) is -0.259. The van der Waals surface area contributed by atoms with Gasteiger partial charge < -0.3 is 5.11 Å². The average molecular weight is 239 g/mol. The molecule has 0 aliphatic carbocycles. The van der Waals surface area contributed by atoms with Crippen molar-refractivity contribution in [2.45, 2.75) is 17.9 Å². The highest BCUT2D eigenvalue weighted by Gasteiger charge is 2.05. The highest BCUT2D eigenvalue weighted by atomic mass is 35.5. The van der Waals surface area contributed by atoms with Crippen LogP contribution in [0.25, 0.3) is 0 Å². The minimum Gasteiger partial charge on any atom is -0.392 e. The van der Waals surface area contributed by atoms with E-state index in [2.05, 4.69) is 0 Å². The first-order chi connectivity index (χ1) is 6.61. The molecule has 0 saturated carbocycles. The lowest BCUT2D eigenvalue weighted by atomic mass is 10.2. The number of benzene rings is 1. The molecule has 0 saturated heterocycles. The minimum atomic E-state index is -2.34. The minimum absolute atomic E-state index is 0.136. The first-order valence-electron chi connectivity index (χ1n) is 3.93. The highest BCUT2D eigenvalue weighted by molar-refractivity contribution is 7.99. The fraction of sp³-hybridized carbons (Fsp3) is 0.333. The van der Waals surface area contributed by atoms with Crippen LogP contribution in [0.1, 0.15) is 5.56 Å². The van der Waals surface area contributed by atoms with Crippen molar-refractivity contribution in [1.82, 2.24) is 0 Å². The number of hydrogen-bond donors (Lipinski definition) is 1. The van der Waals surface area contributed by atoms with Gasteiger partial charge in [-0.2, -0.15) is 0 Å². The molecule has 1 rings (SSSR count). The van der Waals surface area contributed by atoms with Crippen LogP contribution in [-0.2, 0) is 6.61 Å². The molecule has 0 aliphatic heterocycles. The van der Waals surface area contributed by atoms with Crippen LogP contribution in [-0.4, -0.2) is 17.3 Å². The monoisotopic (exact) mass is 238 g/mol. The van der Waals surface area contributed by atoms with E-state index in [1.165, 1.54) is 0 Å². The van der Waals surface area contributed by atoms with Crippen molar-refractivity contribution in [2.24, 2.45) is 0 Å². The second-order valence-corrected chi connectivity index (χ2v) is 4.19. The Morgan fingerprint density at radius 2 is 2.07 bits per heavy atom. The first kappa shape index (κ1) is 11.8. The second-order valence-electron chi connectivity index (χ2n) is 2.66. The van der Waals surface area contributed by atoms with E-state index in [9.17, 15) is 8.78 Å². The summed E-state index contributed by atoms with van der Waals surface area (Å²) in [5, 5.41) is 9.30. The number of aliphatic hydroxyl groups excluding tert-OH is 1. The van der Waals surface area contributed by atoms with Gasteiger partial charge >= 0.3 is 0 Å². The summed E-state index contributed by atoms with van der Waals surface area (Å²) in [6.07, 6.45) is -2.34. The van der Waals surface area contributed by atoms with Crippen molar-refractivity contribution in [2.75, 3.05) is 5.75 Å². The van der Waals surface area contributed by atoms with Crippen LogP contribution in [0.5, 0.6) is 0 Å². The average Bonchev–Trinajstić information content (AvgIpc) is 2.14. The maximum atomic E-state index is 11.9. The lowest BCUT2D eigenvalue weighted by Gasteiger charge is -2.04. The van der Waals surface area contributed by atoms with E-state index in [1.54, 1.807) is 18.2 Å². The number of aliphatic hydroxyl groups is 1. The number of hydrogen-bond acceptors (Lipinski definition) is 2. The molecular formula is C9H9ClF2OS. The van der Waals surface area contributed by atoms with E-state index in [0.29, 0.717) is 15.5 Å². The summed E-state index contributed by atoms with van der Waals surface area (Å²) in [6.45, 7) is -0.136. The molecule has 5 heteroatoms. The molecule has 78 valence electrons. The molecule has 1 aromatic carbocycles. The summed E-state index contributed by atoms with van der Waals surface area (Å²) in [7, 11) is 0. The van der Waals surface area contributed by atoms with Crippen LogP contribution in [0.15, 0.2) is 23.1 Å². The standard InChI is InChI=1S/C9H9ClF2OS/c10-7-1-6(4-13)2-8(3-7)14-5-9(11)12/h1-3,9,13H,4-5H2. The fourth-order valence-corrected chi connectivity index (χ4v) is 2.04. The van der Waals surface area contributed by atoms with Gasteiger partial charge in [-0.25, -0.2) is 8.78 Å². The normalized spacial score (nSPS) is 10.9. The van der Waals surface area contributed by atoms with Gasteiger partial charge in [-0.15, -0.1) is 11.8 Å². The Morgan fingerprint density at radius 1 is 1.36 bits per heavy atom.